The second kappa shape index (κ2) is 12.0. The fraction of sp³-hybridized carbons (Fsp3) is 0.0526. The molecule has 0 saturated carbocycles. The Kier molecular flexibility index (Phi) is 7.56. The van der Waals surface area contributed by atoms with Gasteiger partial charge in [0, 0.05) is 13.1 Å². The van der Waals surface area contributed by atoms with E-state index in [9.17, 15) is 28.8 Å². The lowest BCUT2D eigenvalue weighted by molar-refractivity contribution is 0.0688. The number of nitrogens with zero attached hydrogens (tertiary/aromatic N) is 2. The van der Waals surface area contributed by atoms with Crippen LogP contribution in [0.4, 0.5) is 5.69 Å². The normalized spacial score (nSPS) is 13.3. The molecular weight excluding hydrogens is 628 g/mol. The molecule has 4 amide bonds. The van der Waals surface area contributed by atoms with Crippen LogP contribution in [0.25, 0.3) is 0 Å². The number of hydrogen-bond donors (Lipinski definition) is 0. The van der Waals surface area contributed by atoms with E-state index in [-0.39, 0.29) is 44.9 Å². The van der Waals surface area contributed by atoms with Gasteiger partial charge in [0.25, 0.3) is 23.6 Å². The van der Waals surface area contributed by atoms with Crippen molar-refractivity contribution in [3.05, 3.63) is 148 Å². The third-order valence-electron chi connectivity index (χ3n) is 8.02. The predicted octanol–water partition coefficient (Wildman–Crippen LogP) is 6.25. The highest BCUT2D eigenvalue weighted by atomic mass is 16.5. The Morgan fingerprint density at radius 2 is 1.00 bits per heavy atom. The molecule has 0 bridgehead atoms. The van der Waals surface area contributed by atoms with Gasteiger partial charge in [-0.05, 0) is 91.9 Å². The molecule has 11 heteroatoms. The van der Waals surface area contributed by atoms with Crippen molar-refractivity contribution in [2.75, 3.05) is 11.9 Å². The number of ether oxygens (including phenoxy) is 3. The minimum Gasteiger partial charge on any atom is -0.457 e. The van der Waals surface area contributed by atoms with E-state index in [1.165, 1.54) is 67.7 Å². The predicted molar refractivity (Wildman–Crippen MR) is 175 cm³/mol. The van der Waals surface area contributed by atoms with Gasteiger partial charge in [-0.15, -0.1) is 0 Å². The van der Waals surface area contributed by atoms with Crippen molar-refractivity contribution in [1.82, 2.24) is 4.90 Å². The monoisotopic (exact) mass is 652 g/mol. The molecule has 5 aromatic rings. The molecule has 0 saturated heterocycles. The molecular formula is C38H24N2O9. The maximum absolute atomic E-state index is 13.4. The number of hydrogen-bond acceptors (Lipinski definition) is 9. The number of anilines is 1. The van der Waals surface area contributed by atoms with Gasteiger partial charge in [-0.3, -0.25) is 24.1 Å². The van der Waals surface area contributed by atoms with E-state index >= 15 is 0 Å². The first kappa shape index (κ1) is 30.8. The summed E-state index contributed by atoms with van der Waals surface area (Å²) in [5.74, 6) is -2.31. The van der Waals surface area contributed by atoms with Gasteiger partial charge in [0.05, 0.1) is 39.1 Å². The van der Waals surface area contributed by atoms with Crippen molar-refractivity contribution in [3.8, 4) is 23.0 Å². The molecule has 0 fully saturated rings. The van der Waals surface area contributed by atoms with Gasteiger partial charge in [0.1, 0.15) is 23.0 Å². The number of carbonyl (C=O) groups is 6. The maximum Gasteiger partial charge on any atom is 0.343 e. The van der Waals surface area contributed by atoms with Crippen LogP contribution in [0.3, 0.4) is 0 Å². The average molecular weight is 653 g/mol. The Balaban J connectivity index is 1.01. The van der Waals surface area contributed by atoms with Crippen molar-refractivity contribution in [2.45, 2.75) is 6.92 Å². The number of amides is 4. The van der Waals surface area contributed by atoms with E-state index in [4.69, 9.17) is 14.2 Å². The third kappa shape index (κ3) is 5.69. The Morgan fingerprint density at radius 3 is 1.59 bits per heavy atom. The molecule has 0 aliphatic carbocycles. The lowest BCUT2D eigenvalue weighted by Gasteiger charge is -2.15. The molecule has 0 unspecified atom stereocenters. The second-order valence-corrected chi connectivity index (χ2v) is 11.3. The van der Waals surface area contributed by atoms with Crippen LogP contribution >= 0.6 is 0 Å². The zero-order chi connectivity index (χ0) is 34.4. The fourth-order valence-electron chi connectivity index (χ4n) is 5.43. The van der Waals surface area contributed by atoms with Crippen molar-refractivity contribution in [2.24, 2.45) is 0 Å². The van der Waals surface area contributed by atoms with Crippen LogP contribution < -0.4 is 19.1 Å². The molecule has 2 aliphatic heterocycles. The Morgan fingerprint density at radius 1 is 0.510 bits per heavy atom. The summed E-state index contributed by atoms with van der Waals surface area (Å²) in [5, 5.41) is 0. The molecule has 0 aromatic heterocycles. The van der Waals surface area contributed by atoms with Crippen LogP contribution in [0.5, 0.6) is 23.0 Å². The number of benzene rings is 5. The summed E-state index contributed by atoms with van der Waals surface area (Å²) < 4.78 is 16.7. The van der Waals surface area contributed by atoms with Gasteiger partial charge in [-0.1, -0.05) is 23.8 Å². The lowest BCUT2D eigenvalue weighted by Crippen LogP contribution is -2.29. The number of rotatable bonds is 7. The zero-order valence-corrected chi connectivity index (χ0v) is 26.0. The highest BCUT2D eigenvalue weighted by Gasteiger charge is 2.38. The Bertz CT molecular complexity index is 2240. The van der Waals surface area contributed by atoms with Crippen molar-refractivity contribution in [1.29, 1.82) is 0 Å². The number of carbonyl (C=O) groups excluding carboxylic acids is 6. The van der Waals surface area contributed by atoms with E-state index in [1.54, 1.807) is 24.3 Å². The molecule has 7 rings (SSSR count). The number of fused-ring (bicyclic) bond motifs is 2. The van der Waals surface area contributed by atoms with Crippen molar-refractivity contribution < 1.29 is 43.0 Å². The second-order valence-electron chi connectivity index (χ2n) is 11.3. The van der Waals surface area contributed by atoms with Gasteiger partial charge in [0.2, 0.25) is 0 Å². The molecule has 2 heterocycles. The van der Waals surface area contributed by atoms with E-state index in [0.717, 1.165) is 15.4 Å². The fourth-order valence-corrected chi connectivity index (χ4v) is 5.43. The summed E-state index contributed by atoms with van der Waals surface area (Å²) >= 11 is 0. The van der Waals surface area contributed by atoms with Crippen LogP contribution in [0.2, 0.25) is 0 Å². The van der Waals surface area contributed by atoms with Crippen LogP contribution in [0.1, 0.15) is 67.7 Å². The summed E-state index contributed by atoms with van der Waals surface area (Å²) in [6.45, 7) is 1.96. The minimum absolute atomic E-state index is 0.0454. The van der Waals surface area contributed by atoms with Gasteiger partial charge in [-0.25, -0.2) is 14.5 Å². The summed E-state index contributed by atoms with van der Waals surface area (Å²) in [6.07, 6.45) is 0. The van der Waals surface area contributed by atoms with E-state index in [1.807, 2.05) is 31.2 Å². The van der Waals surface area contributed by atoms with Gasteiger partial charge < -0.3 is 14.2 Å². The average Bonchev–Trinajstić information content (AvgIpc) is 3.49. The highest BCUT2D eigenvalue weighted by Crippen LogP contribution is 2.33. The van der Waals surface area contributed by atoms with E-state index < -0.39 is 35.6 Å². The first-order valence-electron chi connectivity index (χ1n) is 15.0. The minimum atomic E-state index is -0.776. The first-order valence-corrected chi connectivity index (χ1v) is 15.0. The standard InChI is InChI=1S/C38H24N2O9/c1-21-6-10-25(11-7-21)47-28-5-3-4-24(20-28)40-35(43)30-17-9-23(19-32(30)36(40)44)38(46)49-27-14-12-26(13-15-27)48-37(45)22-8-16-29-31(18-22)34(42)39(2)33(29)41/h3-20H,1-2H3. The summed E-state index contributed by atoms with van der Waals surface area (Å²) in [7, 11) is 1.36. The topological polar surface area (TPSA) is 137 Å². The Labute approximate surface area is 278 Å². The number of imide groups is 2. The smallest absolute Gasteiger partial charge is 0.343 e. The van der Waals surface area contributed by atoms with E-state index in [0.29, 0.717) is 17.2 Å². The quantitative estimate of drug-likeness (QED) is 0.113. The van der Waals surface area contributed by atoms with Crippen LogP contribution in [-0.4, -0.2) is 47.5 Å². The molecule has 11 nitrogen and oxygen atoms in total. The number of aryl methyl sites for hydroxylation is 1. The summed E-state index contributed by atoms with van der Waals surface area (Å²) in [5.41, 5.74) is 2.04. The SMILES string of the molecule is Cc1ccc(Oc2cccc(N3C(=O)c4ccc(C(=O)Oc5ccc(OC(=O)c6ccc7c(c6)C(=O)N(C)C7=O)cc5)cc4C3=O)c2)cc1. The molecule has 49 heavy (non-hydrogen) atoms. The number of esters is 2. The molecule has 0 atom stereocenters. The zero-order valence-electron chi connectivity index (χ0n) is 26.0. The molecule has 0 spiro atoms. The highest BCUT2D eigenvalue weighted by molar-refractivity contribution is 6.34. The lowest BCUT2D eigenvalue weighted by atomic mass is 10.1. The van der Waals surface area contributed by atoms with Gasteiger partial charge in [-0.2, -0.15) is 0 Å². The summed E-state index contributed by atoms with van der Waals surface area (Å²) in [4.78, 5) is 78.8. The van der Waals surface area contributed by atoms with Gasteiger partial charge in [0.15, 0.2) is 0 Å². The molecule has 2 aliphatic rings. The van der Waals surface area contributed by atoms with Crippen LogP contribution in [0, 0.1) is 6.92 Å². The molecule has 5 aromatic carbocycles. The van der Waals surface area contributed by atoms with E-state index in [2.05, 4.69) is 0 Å². The van der Waals surface area contributed by atoms with Crippen LogP contribution in [0.15, 0.2) is 109 Å². The van der Waals surface area contributed by atoms with Crippen molar-refractivity contribution >= 4 is 41.3 Å². The van der Waals surface area contributed by atoms with Crippen molar-refractivity contribution in [3.63, 3.8) is 0 Å². The largest absolute Gasteiger partial charge is 0.457 e. The molecule has 0 radical (unpaired) electrons. The third-order valence-corrected chi connectivity index (χ3v) is 8.02. The van der Waals surface area contributed by atoms with Gasteiger partial charge >= 0.3 is 11.9 Å². The Hall–Kier alpha value is -6.88. The van der Waals surface area contributed by atoms with Crippen LogP contribution in [-0.2, 0) is 0 Å². The molecule has 0 N–H and O–H groups in total. The summed E-state index contributed by atoms with van der Waals surface area (Å²) in [6, 6.07) is 27.9. The first-order chi connectivity index (χ1) is 23.6. The maximum atomic E-state index is 13.4. The molecule has 240 valence electrons.